The molecule has 0 radical (unpaired) electrons. The second kappa shape index (κ2) is 7.83. The van der Waals surface area contributed by atoms with E-state index in [4.69, 9.17) is 0 Å². The first-order valence-corrected chi connectivity index (χ1v) is 8.86. The van der Waals surface area contributed by atoms with E-state index in [1.165, 1.54) is 4.68 Å². The lowest BCUT2D eigenvalue weighted by Crippen LogP contribution is -2.26. The van der Waals surface area contributed by atoms with Crippen molar-refractivity contribution in [3.63, 3.8) is 0 Å². The van der Waals surface area contributed by atoms with Crippen molar-refractivity contribution < 1.29 is 4.79 Å². The Hall–Kier alpha value is -3.81. The molecule has 0 unspecified atom stereocenters. The number of imidazole rings is 1. The van der Waals surface area contributed by atoms with Crippen LogP contribution in [0.1, 0.15) is 12.0 Å². The summed E-state index contributed by atoms with van der Waals surface area (Å²) in [7, 11) is 0. The van der Waals surface area contributed by atoms with Gasteiger partial charge in [0.05, 0.1) is 18.3 Å². The average Bonchev–Trinajstić information content (AvgIpc) is 3.21. The lowest BCUT2D eigenvalue weighted by Gasteiger charge is -2.09. The summed E-state index contributed by atoms with van der Waals surface area (Å²) in [5.74, 6) is -0.193. The highest BCUT2D eigenvalue weighted by Gasteiger charge is 2.08. The molecule has 0 spiro atoms. The van der Waals surface area contributed by atoms with Crippen LogP contribution in [-0.4, -0.2) is 30.5 Å². The van der Waals surface area contributed by atoms with Crippen LogP contribution in [0.3, 0.4) is 0 Å². The van der Waals surface area contributed by atoms with Crippen LogP contribution in [0, 0.1) is 0 Å². The predicted molar refractivity (Wildman–Crippen MR) is 105 cm³/mol. The Balaban J connectivity index is 1.40. The Morgan fingerprint density at radius 2 is 2.00 bits per heavy atom. The Bertz CT molecular complexity index is 1170. The molecule has 2 aromatic carbocycles. The minimum Gasteiger partial charge on any atom is -0.333 e. The van der Waals surface area contributed by atoms with Crippen LogP contribution in [0.4, 0.5) is 5.69 Å². The summed E-state index contributed by atoms with van der Waals surface area (Å²) >= 11 is 0. The molecule has 8 nitrogen and oxygen atoms in total. The quantitative estimate of drug-likeness (QED) is 0.557. The Morgan fingerprint density at radius 1 is 1.11 bits per heavy atom. The molecule has 0 aliphatic carbocycles. The highest BCUT2D eigenvalue weighted by Crippen LogP contribution is 2.12. The van der Waals surface area contributed by atoms with E-state index in [1.54, 1.807) is 36.8 Å². The van der Waals surface area contributed by atoms with E-state index in [1.807, 2.05) is 35.0 Å². The van der Waals surface area contributed by atoms with Gasteiger partial charge < -0.3 is 9.88 Å². The van der Waals surface area contributed by atoms with Gasteiger partial charge >= 0.3 is 0 Å². The number of fused-ring (bicyclic) bond motifs is 1. The maximum atomic E-state index is 12.4. The fraction of sp³-hybridized carbons (Fsp3) is 0.150. The number of benzene rings is 2. The van der Waals surface area contributed by atoms with E-state index in [0.29, 0.717) is 23.1 Å². The number of carbonyl (C=O) groups is 1. The van der Waals surface area contributed by atoms with Crippen molar-refractivity contribution in [3.05, 3.63) is 83.2 Å². The van der Waals surface area contributed by atoms with Gasteiger partial charge in [0, 0.05) is 31.0 Å². The van der Waals surface area contributed by atoms with Crippen LogP contribution in [-0.2, 0) is 17.9 Å². The van der Waals surface area contributed by atoms with Gasteiger partial charge in [-0.05, 0) is 29.8 Å². The number of rotatable bonds is 6. The number of carbonyl (C=O) groups excluding carboxylic acids is 1. The third-order valence-corrected chi connectivity index (χ3v) is 4.32. The Morgan fingerprint density at radius 3 is 2.86 bits per heavy atom. The summed E-state index contributed by atoms with van der Waals surface area (Å²) in [6.45, 7) is 0.836. The largest absolute Gasteiger partial charge is 0.333 e. The van der Waals surface area contributed by atoms with Crippen molar-refractivity contribution in [2.75, 3.05) is 5.32 Å². The molecular weight excluding hydrogens is 356 g/mol. The molecule has 0 fully saturated rings. The summed E-state index contributed by atoms with van der Waals surface area (Å²) in [5, 5.41) is 11.3. The van der Waals surface area contributed by atoms with E-state index in [9.17, 15) is 9.59 Å². The number of aromatic nitrogens is 5. The summed E-state index contributed by atoms with van der Waals surface area (Å²) in [4.78, 5) is 28.7. The molecule has 0 saturated heterocycles. The molecule has 1 amide bonds. The number of anilines is 1. The van der Waals surface area contributed by atoms with Gasteiger partial charge in [0.25, 0.3) is 5.56 Å². The van der Waals surface area contributed by atoms with E-state index in [2.05, 4.69) is 20.6 Å². The zero-order valence-corrected chi connectivity index (χ0v) is 15.0. The minimum atomic E-state index is -0.249. The second-order valence-electron chi connectivity index (χ2n) is 6.37. The van der Waals surface area contributed by atoms with Gasteiger partial charge in [-0.25, -0.2) is 9.67 Å². The summed E-state index contributed by atoms with van der Waals surface area (Å²) in [6, 6.07) is 14.6. The van der Waals surface area contributed by atoms with E-state index >= 15 is 0 Å². The van der Waals surface area contributed by atoms with Crippen LogP contribution >= 0.6 is 0 Å². The lowest BCUT2D eigenvalue weighted by molar-refractivity contribution is -0.116. The first kappa shape index (κ1) is 17.6. The average molecular weight is 374 g/mol. The van der Waals surface area contributed by atoms with Crippen molar-refractivity contribution in [1.29, 1.82) is 0 Å². The maximum absolute atomic E-state index is 12.4. The van der Waals surface area contributed by atoms with E-state index in [-0.39, 0.29) is 24.4 Å². The second-order valence-corrected chi connectivity index (χ2v) is 6.37. The monoisotopic (exact) mass is 374 g/mol. The topological polar surface area (TPSA) is 94.7 Å². The molecule has 28 heavy (non-hydrogen) atoms. The molecule has 0 bridgehead atoms. The van der Waals surface area contributed by atoms with Crippen molar-refractivity contribution >= 4 is 22.5 Å². The molecule has 2 aromatic heterocycles. The molecule has 2 heterocycles. The highest BCUT2D eigenvalue weighted by atomic mass is 16.2. The molecule has 0 aliphatic heterocycles. The number of hydrogen-bond donors (Lipinski definition) is 1. The van der Waals surface area contributed by atoms with E-state index in [0.717, 1.165) is 5.56 Å². The van der Waals surface area contributed by atoms with Crippen LogP contribution in [0.15, 0.2) is 72.0 Å². The first-order chi connectivity index (χ1) is 13.7. The van der Waals surface area contributed by atoms with Crippen LogP contribution < -0.4 is 10.9 Å². The van der Waals surface area contributed by atoms with Gasteiger partial charge in [0.2, 0.25) is 5.91 Å². The third-order valence-electron chi connectivity index (χ3n) is 4.32. The van der Waals surface area contributed by atoms with Gasteiger partial charge in [-0.2, -0.15) is 0 Å². The number of aryl methyl sites for hydroxylation is 1. The van der Waals surface area contributed by atoms with Crippen LogP contribution in [0.5, 0.6) is 0 Å². The molecule has 0 saturated carbocycles. The SMILES string of the molecule is O=C(CCn1nnc2ccccc2c1=O)Nc1cccc(Cn2ccnc2)c1. The molecule has 0 atom stereocenters. The fourth-order valence-electron chi connectivity index (χ4n) is 2.94. The van der Waals surface area contributed by atoms with Crippen molar-refractivity contribution in [2.24, 2.45) is 0 Å². The normalized spacial score (nSPS) is 10.9. The predicted octanol–water partition coefficient (Wildman–Crippen LogP) is 2.07. The molecule has 4 aromatic rings. The Labute approximate surface area is 160 Å². The first-order valence-electron chi connectivity index (χ1n) is 8.86. The smallest absolute Gasteiger partial charge is 0.277 e. The third kappa shape index (κ3) is 3.96. The standard InChI is InChI=1S/C20H18N6O2/c27-19(8-10-26-20(28)17-6-1-2-7-18(17)23-24-26)22-16-5-3-4-15(12-16)13-25-11-9-21-14-25/h1-7,9,11-12,14H,8,10,13H2,(H,22,27). The number of amides is 1. The maximum Gasteiger partial charge on any atom is 0.277 e. The van der Waals surface area contributed by atoms with Gasteiger partial charge in [0.1, 0.15) is 5.52 Å². The highest BCUT2D eigenvalue weighted by molar-refractivity contribution is 5.90. The lowest BCUT2D eigenvalue weighted by atomic mass is 10.2. The van der Waals surface area contributed by atoms with Gasteiger partial charge in [-0.3, -0.25) is 9.59 Å². The van der Waals surface area contributed by atoms with Crippen molar-refractivity contribution in [1.82, 2.24) is 24.5 Å². The molecule has 1 N–H and O–H groups in total. The van der Waals surface area contributed by atoms with Crippen molar-refractivity contribution in [2.45, 2.75) is 19.5 Å². The molecular formula is C20H18N6O2. The zero-order valence-electron chi connectivity index (χ0n) is 15.0. The summed E-state index contributed by atoms with van der Waals surface area (Å²) < 4.78 is 3.17. The summed E-state index contributed by atoms with van der Waals surface area (Å²) in [5.41, 5.74) is 2.05. The molecule has 140 valence electrons. The van der Waals surface area contributed by atoms with Gasteiger partial charge in [-0.15, -0.1) is 5.10 Å². The van der Waals surface area contributed by atoms with Gasteiger partial charge in [0.15, 0.2) is 0 Å². The van der Waals surface area contributed by atoms with E-state index < -0.39 is 0 Å². The fourth-order valence-corrected chi connectivity index (χ4v) is 2.94. The van der Waals surface area contributed by atoms with Crippen molar-refractivity contribution in [3.8, 4) is 0 Å². The Kier molecular flexibility index (Phi) is 4.92. The number of hydrogen-bond acceptors (Lipinski definition) is 5. The summed E-state index contributed by atoms with van der Waals surface area (Å²) in [6.07, 6.45) is 5.48. The molecule has 0 aliphatic rings. The number of nitrogens with zero attached hydrogens (tertiary/aromatic N) is 5. The minimum absolute atomic E-state index is 0.124. The van der Waals surface area contributed by atoms with Gasteiger partial charge in [-0.1, -0.05) is 29.5 Å². The van der Waals surface area contributed by atoms with Crippen LogP contribution in [0.25, 0.3) is 10.9 Å². The molecule has 4 rings (SSSR count). The number of nitrogens with one attached hydrogen (secondary N) is 1. The molecule has 8 heteroatoms. The van der Waals surface area contributed by atoms with Crippen LogP contribution in [0.2, 0.25) is 0 Å². The zero-order chi connectivity index (χ0) is 19.3.